The fraction of sp³-hybridized carbons (Fsp3) is 0.300. The van der Waals surface area contributed by atoms with E-state index in [9.17, 15) is 39.0 Å². The molecule has 22 nitrogen and oxygen atoms in total. The molecule has 0 spiro atoms. The number of nitrogens with zero attached hydrogens (tertiary/aromatic N) is 8. The number of aliphatic hydroxyl groups excluding tert-OH is 2. The van der Waals surface area contributed by atoms with Crippen LogP contribution in [-0.4, -0.2) is 122 Å². The van der Waals surface area contributed by atoms with Crippen molar-refractivity contribution in [1.82, 2.24) is 55.7 Å². The smallest absolute Gasteiger partial charge is 0.303 e. The SMILES string of the molecule is Cc1ccc(C[C@@H]2NC(=O)c3csc(n3)[C@H]([C@H](O)c3ccccc3)CC(=O)c3nc(sc3C)[C@H](CC(N)=O)NC(=O)c3csc(n3)-c3ccc(-c4nc(C(=O)NCCCCC(=O)O)cs4)nc3-c3csc(n3)-c3csc(n3)[C@@H]3[C@@H](C)[C@@H](O)CN3C2=O)cc1. The van der Waals surface area contributed by atoms with Crippen molar-refractivity contribution < 1.29 is 48.9 Å². The van der Waals surface area contributed by atoms with E-state index in [2.05, 4.69) is 20.9 Å². The molecule has 452 valence electrons. The number of Topliss-reactive ketones (excluding diaryl/α,β-unsaturated/α-hetero) is 1. The molecule has 0 saturated carbocycles. The van der Waals surface area contributed by atoms with Crippen molar-refractivity contribution in [2.45, 2.75) is 95.5 Å². The Morgan fingerprint density at radius 2 is 1.36 bits per heavy atom. The van der Waals surface area contributed by atoms with Crippen LogP contribution in [0.15, 0.2) is 93.6 Å². The Labute approximate surface area is 527 Å². The van der Waals surface area contributed by atoms with Gasteiger partial charge in [0, 0.05) is 81.5 Å². The summed E-state index contributed by atoms with van der Waals surface area (Å²) in [5.41, 5.74) is 10.2. The van der Waals surface area contributed by atoms with Gasteiger partial charge in [-0.05, 0) is 49.9 Å². The molecule has 0 unspecified atom stereocenters. The molecular weight excluding hydrogens is 1240 g/mol. The van der Waals surface area contributed by atoms with Crippen LogP contribution in [0.5, 0.6) is 0 Å². The van der Waals surface area contributed by atoms with Crippen LogP contribution < -0.4 is 21.7 Å². The number of nitrogens with one attached hydrogen (secondary N) is 3. The molecule has 0 aliphatic carbocycles. The van der Waals surface area contributed by atoms with Gasteiger partial charge in [-0.1, -0.05) is 67.1 Å². The molecule has 2 aliphatic heterocycles. The van der Waals surface area contributed by atoms with Crippen LogP contribution in [0.1, 0.15) is 142 Å². The Balaban J connectivity index is 0.991. The summed E-state index contributed by atoms with van der Waals surface area (Å²) in [6, 6.07) is 16.8. The normalized spacial score (nSPS) is 19.4. The molecule has 8 N–H and O–H groups in total. The highest BCUT2D eigenvalue weighted by Crippen LogP contribution is 2.43. The summed E-state index contributed by atoms with van der Waals surface area (Å²) in [4.78, 5) is 131. The van der Waals surface area contributed by atoms with Gasteiger partial charge < -0.3 is 41.9 Å². The fourth-order valence-electron chi connectivity index (χ4n) is 10.3. The molecule has 28 heteroatoms. The van der Waals surface area contributed by atoms with Crippen molar-refractivity contribution in [3.8, 4) is 43.4 Å². The Kier molecular flexibility index (Phi) is 18.6. The van der Waals surface area contributed by atoms with Gasteiger partial charge in [0.1, 0.15) is 70.9 Å². The number of carbonyl (C=O) groups is 7. The maximum atomic E-state index is 15.2. The summed E-state index contributed by atoms with van der Waals surface area (Å²) in [6.07, 6.45) is -1.99. The zero-order valence-electron chi connectivity index (χ0n) is 47.2. The number of nitrogens with two attached hydrogens (primary N) is 1. The number of amides is 5. The van der Waals surface area contributed by atoms with Gasteiger partial charge in [-0.3, -0.25) is 33.6 Å². The number of unbranched alkanes of at least 4 members (excludes halogenated alkanes) is 1. The molecule has 7 atom stereocenters. The van der Waals surface area contributed by atoms with E-state index in [4.69, 9.17) is 40.7 Å². The number of primary amides is 1. The maximum Gasteiger partial charge on any atom is 0.303 e. The van der Waals surface area contributed by atoms with E-state index < -0.39 is 83.5 Å². The molecule has 0 radical (unpaired) electrons. The van der Waals surface area contributed by atoms with Gasteiger partial charge in [-0.15, -0.1) is 68.0 Å². The van der Waals surface area contributed by atoms with Crippen LogP contribution in [0.4, 0.5) is 0 Å². The average molecular weight is 1300 g/mol. The van der Waals surface area contributed by atoms with Gasteiger partial charge >= 0.3 is 5.97 Å². The molecular formula is C60H56N12O10S6. The third-order valence-corrected chi connectivity index (χ3v) is 20.6. The lowest BCUT2D eigenvalue weighted by Crippen LogP contribution is -2.50. The third kappa shape index (κ3) is 13.6. The summed E-state index contributed by atoms with van der Waals surface area (Å²) in [6.45, 7) is 5.68. The van der Waals surface area contributed by atoms with E-state index in [1.165, 1.54) is 39.4 Å². The number of aryl methyl sites for hydroxylation is 2. The molecule has 1 saturated heterocycles. The van der Waals surface area contributed by atoms with E-state index in [1.807, 2.05) is 43.5 Å². The minimum absolute atomic E-state index is 0.0114. The molecule has 2 aromatic carbocycles. The first kappa shape index (κ1) is 61.4. The van der Waals surface area contributed by atoms with Crippen molar-refractivity contribution in [2.24, 2.45) is 11.7 Å². The van der Waals surface area contributed by atoms with E-state index in [-0.39, 0.29) is 71.6 Å². The number of aromatic nitrogens is 7. The van der Waals surface area contributed by atoms with Crippen LogP contribution in [0.25, 0.3) is 43.4 Å². The number of ketones is 1. The zero-order chi connectivity index (χ0) is 61.9. The van der Waals surface area contributed by atoms with Crippen LogP contribution >= 0.6 is 68.0 Å². The Hall–Kier alpha value is -8.22. The minimum Gasteiger partial charge on any atom is -0.481 e. The van der Waals surface area contributed by atoms with E-state index in [1.54, 1.807) is 70.4 Å². The average Bonchev–Trinajstić information content (AvgIpc) is 3.68. The molecule has 10 bridgehead atoms. The largest absolute Gasteiger partial charge is 0.481 e. The molecule has 11 rings (SSSR count). The summed E-state index contributed by atoms with van der Waals surface area (Å²) < 4.78 is 0. The lowest BCUT2D eigenvalue weighted by atomic mass is 9.90. The zero-order valence-corrected chi connectivity index (χ0v) is 52.1. The number of hydrogen-bond acceptors (Lipinski definition) is 22. The van der Waals surface area contributed by atoms with Crippen LogP contribution in [-0.2, 0) is 20.8 Å². The van der Waals surface area contributed by atoms with Crippen LogP contribution in [0, 0.1) is 19.8 Å². The first-order valence-corrected chi connectivity index (χ1v) is 33.0. The summed E-state index contributed by atoms with van der Waals surface area (Å²) in [5, 5.41) is 51.8. The number of benzene rings is 2. The molecule has 5 amide bonds. The predicted molar refractivity (Wildman–Crippen MR) is 334 cm³/mol. The van der Waals surface area contributed by atoms with Gasteiger partial charge in [0.25, 0.3) is 17.7 Å². The van der Waals surface area contributed by atoms with Crippen LogP contribution in [0.3, 0.4) is 0 Å². The lowest BCUT2D eigenvalue weighted by Gasteiger charge is -2.29. The summed E-state index contributed by atoms with van der Waals surface area (Å²) in [7, 11) is 0. The van der Waals surface area contributed by atoms with E-state index >= 15 is 4.79 Å². The van der Waals surface area contributed by atoms with Crippen molar-refractivity contribution in [2.75, 3.05) is 13.1 Å². The van der Waals surface area contributed by atoms with Crippen molar-refractivity contribution in [1.29, 1.82) is 0 Å². The number of carbonyl (C=O) groups excluding carboxylic acids is 6. The summed E-state index contributed by atoms with van der Waals surface area (Å²) >= 11 is 7.08. The third-order valence-electron chi connectivity index (χ3n) is 15.0. The van der Waals surface area contributed by atoms with Gasteiger partial charge in [0.2, 0.25) is 11.8 Å². The number of hydrogen-bond donors (Lipinski definition) is 7. The first-order chi connectivity index (χ1) is 42.3. The van der Waals surface area contributed by atoms with Crippen molar-refractivity contribution >= 4 is 109 Å². The fourth-order valence-corrected chi connectivity index (χ4v) is 15.7. The Bertz CT molecular complexity index is 4100. The highest BCUT2D eigenvalue weighted by atomic mass is 32.1. The standard InChI is InChI=1S/C60H56N12O10S6/c1-28-12-14-31(15-13-28)19-37-60(82)72-22-44(74)29(2)49(72)59-70-42(27-87-59)57-66-38(23-85-57)48-33(16-17-35(63-48)56-69-39(24-86-56)51(79)62-18-8-7-11-46(76)77)54-67-40(25-83-54)52(80)64-36(21-45(61)75)58-71-47(30(3)88-58)43(73)20-34(50(78)32-9-5-4-6-10-32)55-68-41(26-84-55)53(81)65-37/h4-6,9-10,12-17,23-27,29,34,36-37,44,49-50,74,78H,7-8,11,18-22H2,1-3H3,(H2,61,75)(H,62,79)(H,64,80)(H,65,81)(H,76,77)/t29-,34-,36-,37-,44-,49-,50+/m0/s1. The predicted octanol–water partition coefficient (Wildman–Crippen LogP) is 8.76. The Morgan fingerprint density at radius 3 is 2.12 bits per heavy atom. The van der Waals surface area contributed by atoms with E-state index in [0.29, 0.717) is 71.7 Å². The second-order valence-corrected chi connectivity index (χ2v) is 26.9. The molecule has 2 aliphatic rings. The molecule has 7 aromatic heterocycles. The first-order valence-electron chi connectivity index (χ1n) is 27.8. The van der Waals surface area contributed by atoms with Crippen molar-refractivity contribution in [3.63, 3.8) is 0 Å². The summed E-state index contributed by atoms with van der Waals surface area (Å²) in [5.74, 6) is -5.89. The van der Waals surface area contributed by atoms with Gasteiger partial charge in [-0.2, -0.15) is 0 Å². The molecule has 1 fully saturated rings. The van der Waals surface area contributed by atoms with Gasteiger partial charge in [0.15, 0.2) is 5.78 Å². The highest BCUT2D eigenvalue weighted by Gasteiger charge is 2.45. The Morgan fingerprint density at radius 1 is 0.705 bits per heavy atom. The maximum absolute atomic E-state index is 15.2. The number of fused-ring (bicyclic) bond motifs is 16. The van der Waals surface area contributed by atoms with Gasteiger partial charge in [-0.25, -0.2) is 34.9 Å². The number of carboxylic acids is 1. The number of rotatable bonds is 13. The van der Waals surface area contributed by atoms with Crippen LogP contribution in [0.2, 0.25) is 0 Å². The number of aliphatic hydroxyl groups is 2. The number of thiazole rings is 6. The number of aliphatic carboxylic acids is 1. The van der Waals surface area contributed by atoms with Crippen molar-refractivity contribution in [3.05, 3.63) is 153 Å². The molecule has 9 heterocycles. The quantitative estimate of drug-likeness (QED) is 0.0530. The molecule has 88 heavy (non-hydrogen) atoms. The van der Waals surface area contributed by atoms with Gasteiger partial charge in [0.05, 0.1) is 41.4 Å². The lowest BCUT2D eigenvalue weighted by molar-refractivity contribution is -0.137. The number of carboxylic acid groups (broad SMARTS) is 1. The highest BCUT2D eigenvalue weighted by molar-refractivity contribution is 7.15. The van der Waals surface area contributed by atoms with E-state index in [0.717, 1.165) is 45.1 Å². The molecule has 9 aromatic rings. The second-order valence-electron chi connectivity index (χ2n) is 21.3. The number of pyridine rings is 1. The monoisotopic (exact) mass is 1300 g/mol. The minimum atomic E-state index is -1.29. The topological polar surface area (TPSA) is 336 Å². The second kappa shape index (κ2) is 26.6.